The maximum absolute atomic E-state index is 12.1. The van der Waals surface area contributed by atoms with Crippen LogP contribution in [0.3, 0.4) is 0 Å². The predicted octanol–water partition coefficient (Wildman–Crippen LogP) is 3.93. The van der Waals surface area contributed by atoms with Gasteiger partial charge in [0, 0.05) is 19.2 Å². The highest BCUT2D eigenvalue weighted by Gasteiger charge is 2.13. The van der Waals surface area contributed by atoms with E-state index in [9.17, 15) is 4.79 Å². The van der Waals surface area contributed by atoms with E-state index in [1.165, 1.54) is 11.3 Å². The molecule has 0 fully saturated rings. The van der Waals surface area contributed by atoms with Crippen LogP contribution in [-0.2, 0) is 6.54 Å². The van der Waals surface area contributed by atoms with Gasteiger partial charge >= 0.3 is 6.03 Å². The van der Waals surface area contributed by atoms with Crippen LogP contribution < -0.4 is 5.32 Å². The Morgan fingerprint density at radius 1 is 1.23 bits per heavy atom. The maximum Gasteiger partial charge on any atom is 0.323 e. The molecule has 1 aromatic carbocycles. The smallest absolute Gasteiger partial charge is 0.323 e. The summed E-state index contributed by atoms with van der Waals surface area (Å²) >= 11 is 2.98. The van der Waals surface area contributed by atoms with Crippen LogP contribution in [0.5, 0.6) is 0 Å². The van der Waals surface area contributed by atoms with E-state index >= 15 is 0 Å². The second-order valence-electron chi connectivity index (χ2n) is 4.70. The number of carbonyl (C=O) groups excluding carboxylic acids is 1. The molecule has 2 heterocycles. The van der Waals surface area contributed by atoms with Crippen molar-refractivity contribution in [2.75, 3.05) is 12.4 Å². The molecule has 0 spiro atoms. The topological polar surface area (TPSA) is 58.1 Å². The van der Waals surface area contributed by atoms with Crippen molar-refractivity contribution < 1.29 is 4.79 Å². The normalized spacial score (nSPS) is 10.4. The SMILES string of the molecule is CN(Cc1ccsc1)C(=O)Nc1nnc(-c2ccccc2)s1. The van der Waals surface area contributed by atoms with Crippen molar-refractivity contribution in [2.45, 2.75) is 6.54 Å². The van der Waals surface area contributed by atoms with Gasteiger partial charge in [-0.1, -0.05) is 41.7 Å². The summed E-state index contributed by atoms with van der Waals surface area (Å²) in [6.45, 7) is 0.569. The molecule has 0 saturated heterocycles. The molecule has 0 aliphatic rings. The Morgan fingerprint density at radius 2 is 2.05 bits per heavy atom. The predicted molar refractivity (Wildman–Crippen MR) is 90.1 cm³/mol. The summed E-state index contributed by atoms with van der Waals surface area (Å²) in [7, 11) is 1.76. The highest BCUT2D eigenvalue weighted by Crippen LogP contribution is 2.26. The largest absolute Gasteiger partial charge is 0.323 e. The molecule has 0 radical (unpaired) electrons. The van der Waals surface area contributed by atoms with Crippen LogP contribution in [0.25, 0.3) is 10.6 Å². The van der Waals surface area contributed by atoms with Crippen molar-refractivity contribution in [3.05, 3.63) is 52.7 Å². The minimum Gasteiger partial charge on any atom is -0.323 e. The van der Waals surface area contributed by atoms with Gasteiger partial charge in [-0.05, 0) is 22.4 Å². The second-order valence-corrected chi connectivity index (χ2v) is 6.45. The molecule has 1 N–H and O–H groups in total. The van der Waals surface area contributed by atoms with Gasteiger partial charge in [0.1, 0.15) is 5.01 Å². The lowest BCUT2D eigenvalue weighted by atomic mass is 10.2. The first kappa shape index (κ1) is 14.7. The van der Waals surface area contributed by atoms with Gasteiger partial charge in [-0.15, -0.1) is 10.2 Å². The zero-order valence-corrected chi connectivity index (χ0v) is 13.5. The van der Waals surface area contributed by atoms with E-state index in [0.29, 0.717) is 11.7 Å². The van der Waals surface area contributed by atoms with Crippen molar-refractivity contribution in [3.63, 3.8) is 0 Å². The average Bonchev–Trinajstić information content (AvgIpc) is 3.20. The Balaban J connectivity index is 1.63. The molecule has 0 saturated carbocycles. The van der Waals surface area contributed by atoms with Crippen LogP contribution in [0.1, 0.15) is 5.56 Å². The lowest BCUT2D eigenvalue weighted by Crippen LogP contribution is -2.30. The highest BCUT2D eigenvalue weighted by molar-refractivity contribution is 7.18. The minimum atomic E-state index is -0.193. The summed E-state index contributed by atoms with van der Waals surface area (Å²) in [6.07, 6.45) is 0. The van der Waals surface area contributed by atoms with Crippen LogP contribution in [0.2, 0.25) is 0 Å². The zero-order chi connectivity index (χ0) is 15.4. The van der Waals surface area contributed by atoms with Gasteiger partial charge in [0.05, 0.1) is 0 Å². The quantitative estimate of drug-likeness (QED) is 0.788. The van der Waals surface area contributed by atoms with Crippen molar-refractivity contribution >= 4 is 33.8 Å². The molecular weight excluding hydrogens is 316 g/mol. The van der Waals surface area contributed by atoms with Gasteiger partial charge in [-0.3, -0.25) is 5.32 Å². The third-order valence-electron chi connectivity index (χ3n) is 3.01. The molecule has 0 bridgehead atoms. The molecule has 3 rings (SSSR count). The number of carbonyl (C=O) groups is 1. The molecule has 3 aromatic rings. The van der Waals surface area contributed by atoms with Crippen molar-refractivity contribution in [3.8, 4) is 10.6 Å². The number of hydrogen-bond acceptors (Lipinski definition) is 5. The fourth-order valence-corrected chi connectivity index (χ4v) is 3.28. The van der Waals surface area contributed by atoms with Crippen LogP contribution in [0.15, 0.2) is 47.2 Å². The van der Waals surface area contributed by atoms with Gasteiger partial charge in [0.25, 0.3) is 0 Å². The van der Waals surface area contributed by atoms with Crippen molar-refractivity contribution in [1.29, 1.82) is 0 Å². The van der Waals surface area contributed by atoms with Crippen molar-refractivity contribution in [2.24, 2.45) is 0 Å². The molecule has 0 atom stereocenters. The summed E-state index contributed by atoms with van der Waals surface area (Å²) in [4.78, 5) is 13.8. The van der Waals surface area contributed by atoms with Crippen molar-refractivity contribution in [1.82, 2.24) is 15.1 Å². The van der Waals surface area contributed by atoms with Crippen LogP contribution in [0, 0.1) is 0 Å². The number of rotatable bonds is 4. The van der Waals surface area contributed by atoms with Crippen LogP contribution in [-0.4, -0.2) is 28.2 Å². The first-order valence-corrected chi connectivity index (χ1v) is 8.40. The monoisotopic (exact) mass is 330 g/mol. The van der Waals surface area contributed by atoms with E-state index in [0.717, 1.165) is 16.1 Å². The summed E-state index contributed by atoms with van der Waals surface area (Å²) < 4.78 is 0. The fourth-order valence-electron chi connectivity index (χ4n) is 1.89. The number of nitrogens with one attached hydrogen (secondary N) is 1. The molecule has 0 aliphatic carbocycles. The van der Waals surface area contributed by atoms with E-state index in [1.807, 2.05) is 47.2 Å². The van der Waals surface area contributed by atoms with Gasteiger partial charge in [-0.25, -0.2) is 4.79 Å². The molecule has 22 heavy (non-hydrogen) atoms. The van der Waals surface area contributed by atoms with E-state index in [2.05, 4.69) is 15.5 Å². The van der Waals surface area contributed by atoms with E-state index in [4.69, 9.17) is 0 Å². The maximum atomic E-state index is 12.1. The number of amides is 2. The Hall–Kier alpha value is -2.25. The molecule has 2 amide bonds. The van der Waals surface area contributed by atoms with Crippen LogP contribution in [0.4, 0.5) is 9.93 Å². The first-order chi connectivity index (χ1) is 10.7. The average molecular weight is 330 g/mol. The Labute approximate surface area is 136 Å². The molecule has 112 valence electrons. The van der Waals surface area contributed by atoms with Gasteiger partial charge in [0.2, 0.25) is 5.13 Å². The number of urea groups is 1. The van der Waals surface area contributed by atoms with Crippen LogP contribution >= 0.6 is 22.7 Å². The summed E-state index contributed by atoms with van der Waals surface area (Å²) in [5, 5.41) is 16.2. The number of anilines is 1. The van der Waals surface area contributed by atoms with E-state index in [1.54, 1.807) is 23.3 Å². The Kier molecular flexibility index (Phi) is 4.45. The van der Waals surface area contributed by atoms with E-state index in [-0.39, 0.29) is 6.03 Å². The highest BCUT2D eigenvalue weighted by atomic mass is 32.1. The van der Waals surface area contributed by atoms with Gasteiger partial charge in [0.15, 0.2) is 0 Å². The summed E-state index contributed by atoms with van der Waals surface area (Å²) in [5.74, 6) is 0. The third kappa shape index (κ3) is 3.49. The summed E-state index contributed by atoms with van der Waals surface area (Å²) in [6, 6.07) is 11.6. The minimum absolute atomic E-state index is 0.193. The number of benzene rings is 1. The summed E-state index contributed by atoms with van der Waals surface area (Å²) in [5.41, 5.74) is 2.11. The molecule has 7 heteroatoms. The molecule has 0 unspecified atom stereocenters. The number of thiophene rings is 1. The fraction of sp³-hybridized carbons (Fsp3) is 0.133. The lowest BCUT2D eigenvalue weighted by molar-refractivity contribution is 0.220. The Morgan fingerprint density at radius 3 is 2.77 bits per heavy atom. The zero-order valence-electron chi connectivity index (χ0n) is 11.9. The number of nitrogens with zero attached hydrogens (tertiary/aromatic N) is 3. The second kappa shape index (κ2) is 6.67. The van der Waals surface area contributed by atoms with Gasteiger partial charge < -0.3 is 4.90 Å². The molecule has 5 nitrogen and oxygen atoms in total. The molecule has 2 aromatic heterocycles. The number of aromatic nitrogens is 2. The number of hydrogen-bond donors (Lipinski definition) is 1. The van der Waals surface area contributed by atoms with E-state index < -0.39 is 0 Å². The lowest BCUT2D eigenvalue weighted by Gasteiger charge is -2.15. The Bertz CT molecular complexity index is 740. The molecule has 0 aliphatic heterocycles. The first-order valence-electron chi connectivity index (χ1n) is 6.64. The molecular formula is C15H14N4OS2. The third-order valence-corrected chi connectivity index (χ3v) is 4.63. The van der Waals surface area contributed by atoms with Gasteiger partial charge in [-0.2, -0.15) is 11.3 Å². The standard InChI is InChI=1S/C15H14N4OS2/c1-19(9-11-7-8-21-10-11)15(20)16-14-18-17-13(22-14)12-5-3-2-4-6-12/h2-8,10H,9H2,1H3,(H,16,18,20).